The summed E-state index contributed by atoms with van der Waals surface area (Å²) in [6.45, 7) is 0.506. The number of hydrogen-bond donors (Lipinski definition) is 2. The van der Waals surface area contributed by atoms with Crippen molar-refractivity contribution in [3.05, 3.63) is 57.0 Å². The van der Waals surface area contributed by atoms with Gasteiger partial charge in [-0.2, -0.15) is 0 Å². The third kappa shape index (κ3) is 3.89. The molecule has 0 aliphatic rings. The molecule has 4 nitrogen and oxygen atoms in total. The summed E-state index contributed by atoms with van der Waals surface area (Å²) in [6, 6.07) is 10.3. The summed E-state index contributed by atoms with van der Waals surface area (Å²) < 4.78 is 6.05. The Balaban J connectivity index is 2.19. The van der Waals surface area contributed by atoms with Gasteiger partial charge in [-0.3, -0.25) is 0 Å². The van der Waals surface area contributed by atoms with Gasteiger partial charge in [-0.25, -0.2) is 4.79 Å². The van der Waals surface area contributed by atoms with Crippen molar-refractivity contribution in [2.75, 3.05) is 12.4 Å². The molecule has 0 spiro atoms. The number of ether oxygens (including phenoxy) is 1. The summed E-state index contributed by atoms with van der Waals surface area (Å²) in [5, 5.41) is 12.8. The molecular weight excluding hydrogens is 358 g/mol. The molecule has 0 saturated carbocycles. The van der Waals surface area contributed by atoms with E-state index in [2.05, 4.69) is 21.2 Å². The molecule has 2 N–H and O–H groups in total. The summed E-state index contributed by atoms with van der Waals surface area (Å²) in [4.78, 5) is 11.0. The van der Waals surface area contributed by atoms with Gasteiger partial charge in [0.25, 0.3) is 0 Å². The fourth-order valence-electron chi connectivity index (χ4n) is 1.83. The lowest BCUT2D eigenvalue weighted by Crippen LogP contribution is -2.04. The fraction of sp³-hybridized carbons (Fsp3) is 0.133. The molecule has 0 amide bonds. The number of rotatable bonds is 5. The van der Waals surface area contributed by atoms with Crippen LogP contribution in [0.2, 0.25) is 5.02 Å². The van der Waals surface area contributed by atoms with Crippen molar-refractivity contribution in [2.24, 2.45) is 0 Å². The summed E-state index contributed by atoms with van der Waals surface area (Å²) in [6.07, 6.45) is 0. The van der Waals surface area contributed by atoms with E-state index in [1.165, 1.54) is 13.2 Å². The van der Waals surface area contributed by atoms with Crippen molar-refractivity contribution in [3.63, 3.8) is 0 Å². The van der Waals surface area contributed by atoms with E-state index < -0.39 is 5.97 Å². The van der Waals surface area contributed by atoms with E-state index in [0.717, 1.165) is 10.0 Å². The zero-order valence-electron chi connectivity index (χ0n) is 11.2. The highest BCUT2D eigenvalue weighted by Crippen LogP contribution is 2.27. The van der Waals surface area contributed by atoms with Gasteiger partial charge in [-0.15, -0.1) is 0 Å². The summed E-state index contributed by atoms with van der Waals surface area (Å²) >= 11 is 9.38. The first-order valence-electron chi connectivity index (χ1n) is 6.10. The van der Waals surface area contributed by atoms with E-state index in [1.54, 1.807) is 12.1 Å². The monoisotopic (exact) mass is 369 g/mol. The summed E-state index contributed by atoms with van der Waals surface area (Å²) in [7, 11) is 1.54. The first-order chi connectivity index (χ1) is 10.0. The van der Waals surface area contributed by atoms with Crippen LogP contribution in [0.15, 0.2) is 40.9 Å². The second kappa shape index (κ2) is 6.83. The van der Waals surface area contributed by atoms with Crippen molar-refractivity contribution in [3.8, 4) is 5.75 Å². The number of carbonyl (C=O) groups is 1. The molecule has 110 valence electrons. The maximum Gasteiger partial charge on any atom is 0.335 e. The van der Waals surface area contributed by atoms with Gasteiger partial charge in [0.15, 0.2) is 0 Å². The van der Waals surface area contributed by atoms with Gasteiger partial charge >= 0.3 is 5.97 Å². The third-order valence-electron chi connectivity index (χ3n) is 2.91. The lowest BCUT2D eigenvalue weighted by Gasteiger charge is -2.12. The molecule has 0 atom stereocenters. The molecule has 0 aliphatic heterocycles. The van der Waals surface area contributed by atoms with Crippen molar-refractivity contribution >= 4 is 39.2 Å². The highest BCUT2D eigenvalue weighted by atomic mass is 79.9. The van der Waals surface area contributed by atoms with Crippen LogP contribution in [-0.2, 0) is 6.54 Å². The molecule has 2 rings (SSSR count). The van der Waals surface area contributed by atoms with Crippen LogP contribution in [-0.4, -0.2) is 18.2 Å². The molecular formula is C15H13BrClNO3. The van der Waals surface area contributed by atoms with Gasteiger partial charge in [0.2, 0.25) is 0 Å². The van der Waals surface area contributed by atoms with Gasteiger partial charge in [-0.05, 0) is 51.8 Å². The molecule has 0 heterocycles. The number of hydrogen-bond acceptors (Lipinski definition) is 3. The molecule has 6 heteroatoms. The van der Waals surface area contributed by atoms with Crippen LogP contribution in [0.1, 0.15) is 15.9 Å². The Kier molecular flexibility index (Phi) is 5.09. The van der Waals surface area contributed by atoms with Gasteiger partial charge in [-0.1, -0.05) is 17.7 Å². The lowest BCUT2D eigenvalue weighted by atomic mass is 10.1. The molecule has 0 fully saturated rings. The van der Waals surface area contributed by atoms with Crippen molar-refractivity contribution in [1.82, 2.24) is 0 Å². The van der Waals surface area contributed by atoms with E-state index >= 15 is 0 Å². The smallest absolute Gasteiger partial charge is 0.335 e. The number of anilines is 1. The maximum absolute atomic E-state index is 11.0. The average molecular weight is 371 g/mol. The molecule has 0 saturated heterocycles. The van der Waals surface area contributed by atoms with Crippen molar-refractivity contribution in [1.29, 1.82) is 0 Å². The number of methoxy groups -OCH3 is 1. The Bertz CT molecular complexity index is 676. The van der Waals surface area contributed by atoms with E-state index in [9.17, 15) is 4.79 Å². The molecule has 21 heavy (non-hydrogen) atoms. The van der Waals surface area contributed by atoms with Gasteiger partial charge in [0.1, 0.15) is 5.75 Å². The highest BCUT2D eigenvalue weighted by Gasteiger charge is 2.09. The highest BCUT2D eigenvalue weighted by molar-refractivity contribution is 9.10. The van der Waals surface area contributed by atoms with Gasteiger partial charge in [0, 0.05) is 11.0 Å². The van der Waals surface area contributed by atoms with Crippen LogP contribution in [0.25, 0.3) is 0 Å². The average Bonchev–Trinajstić information content (AvgIpc) is 2.48. The summed E-state index contributed by atoms with van der Waals surface area (Å²) in [5.74, 6) is -0.393. The largest absolute Gasteiger partial charge is 0.495 e. The fourth-order valence-corrected chi connectivity index (χ4v) is 2.28. The quantitative estimate of drug-likeness (QED) is 0.818. The van der Waals surface area contributed by atoms with E-state index in [1.807, 2.05) is 18.2 Å². The Labute approximate surface area is 135 Å². The Hall–Kier alpha value is -1.72. The predicted octanol–water partition coefficient (Wildman–Crippen LogP) is 4.42. The zero-order chi connectivity index (χ0) is 15.4. The van der Waals surface area contributed by atoms with Crippen LogP contribution in [0.3, 0.4) is 0 Å². The lowest BCUT2D eigenvalue weighted by molar-refractivity contribution is 0.0697. The van der Waals surface area contributed by atoms with Crippen LogP contribution < -0.4 is 10.1 Å². The molecule has 2 aromatic rings. The standard InChI is InChI=1S/C15H13BrClNO3/c1-21-14-5-3-10(15(19)20)7-13(14)18-8-9-2-4-11(16)12(17)6-9/h2-7,18H,8H2,1H3,(H,19,20). The van der Waals surface area contributed by atoms with Gasteiger partial charge < -0.3 is 15.2 Å². The predicted molar refractivity (Wildman–Crippen MR) is 86.4 cm³/mol. The molecule has 0 aromatic heterocycles. The molecule has 0 aliphatic carbocycles. The number of carboxylic acid groups (broad SMARTS) is 1. The number of nitrogens with one attached hydrogen (secondary N) is 1. The minimum Gasteiger partial charge on any atom is -0.495 e. The topological polar surface area (TPSA) is 58.6 Å². The Morgan fingerprint density at radius 2 is 2.10 bits per heavy atom. The van der Waals surface area contributed by atoms with Crippen LogP contribution in [0.4, 0.5) is 5.69 Å². The van der Waals surface area contributed by atoms with Crippen LogP contribution in [0, 0.1) is 0 Å². The minimum absolute atomic E-state index is 0.201. The third-order valence-corrected chi connectivity index (χ3v) is 4.15. The minimum atomic E-state index is -0.979. The van der Waals surface area contributed by atoms with Crippen LogP contribution in [0.5, 0.6) is 5.75 Å². The van der Waals surface area contributed by atoms with E-state index in [4.69, 9.17) is 21.4 Å². The Morgan fingerprint density at radius 1 is 1.33 bits per heavy atom. The maximum atomic E-state index is 11.0. The van der Waals surface area contributed by atoms with E-state index in [-0.39, 0.29) is 5.56 Å². The van der Waals surface area contributed by atoms with Gasteiger partial charge in [0.05, 0.1) is 23.4 Å². The molecule has 0 radical (unpaired) electrons. The number of benzene rings is 2. The first-order valence-corrected chi connectivity index (χ1v) is 7.27. The molecule has 2 aromatic carbocycles. The zero-order valence-corrected chi connectivity index (χ0v) is 13.5. The second-order valence-electron chi connectivity index (χ2n) is 4.32. The van der Waals surface area contributed by atoms with Crippen molar-refractivity contribution in [2.45, 2.75) is 6.54 Å². The first kappa shape index (κ1) is 15.7. The Morgan fingerprint density at radius 3 is 2.71 bits per heavy atom. The number of carboxylic acids is 1. The van der Waals surface area contributed by atoms with Crippen LogP contribution >= 0.6 is 27.5 Å². The van der Waals surface area contributed by atoms with Crippen molar-refractivity contribution < 1.29 is 14.6 Å². The van der Waals surface area contributed by atoms with E-state index in [0.29, 0.717) is 23.0 Å². The SMILES string of the molecule is COc1ccc(C(=O)O)cc1NCc1ccc(Br)c(Cl)c1. The second-order valence-corrected chi connectivity index (χ2v) is 5.58. The summed E-state index contributed by atoms with van der Waals surface area (Å²) in [5.41, 5.74) is 1.80. The number of aromatic carboxylic acids is 1. The molecule has 0 unspecified atom stereocenters. The number of halogens is 2. The normalized spacial score (nSPS) is 10.2. The molecule has 0 bridgehead atoms.